The van der Waals surface area contributed by atoms with E-state index in [0.29, 0.717) is 5.75 Å². The third kappa shape index (κ3) is 3.15. The molecule has 3 heteroatoms. The number of phenols is 1. The molecule has 2 heterocycles. The molecule has 0 saturated carbocycles. The van der Waals surface area contributed by atoms with Crippen molar-refractivity contribution in [2.45, 2.75) is 45.7 Å². The Bertz CT molecular complexity index is 421. The maximum atomic E-state index is 10.6. The number of phenolic OH excluding ortho intramolecular Hbond substituents is 1. The Morgan fingerprint density at radius 2 is 1.25 bits per heavy atom. The summed E-state index contributed by atoms with van der Waals surface area (Å²) >= 11 is 0. The van der Waals surface area contributed by atoms with Gasteiger partial charge in [0.05, 0.1) is 0 Å². The number of rotatable bonds is 4. The smallest absolute Gasteiger partial charge is 0.124 e. The van der Waals surface area contributed by atoms with Gasteiger partial charge < -0.3 is 5.11 Å². The van der Waals surface area contributed by atoms with Crippen molar-refractivity contribution in [3.8, 4) is 5.75 Å². The molecule has 110 valence electrons. The topological polar surface area (TPSA) is 26.7 Å². The maximum absolute atomic E-state index is 10.6. The van der Waals surface area contributed by atoms with Crippen LogP contribution in [0.15, 0.2) is 12.1 Å². The number of hydrogen-bond acceptors (Lipinski definition) is 3. The second-order valence-corrected chi connectivity index (χ2v) is 6.40. The van der Waals surface area contributed by atoms with E-state index < -0.39 is 0 Å². The fourth-order valence-corrected chi connectivity index (χ4v) is 3.54. The molecule has 0 aromatic heterocycles. The van der Waals surface area contributed by atoms with Crippen LogP contribution in [-0.2, 0) is 13.1 Å². The molecule has 3 nitrogen and oxygen atoms in total. The normalized spacial score (nSPS) is 20.9. The van der Waals surface area contributed by atoms with Crippen LogP contribution in [-0.4, -0.2) is 41.1 Å². The molecular weight excluding hydrogens is 248 g/mol. The molecule has 0 unspecified atom stereocenters. The lowest BCUT2D eigenvalue weighted by Crippen LogP contribution is -2.20. The first-order valence-corrected chi connectivity index (χ1v) is 7.98. The van der Waals surface area contributed by atoms with E-state index in [-0.39, 0.29) is 0 Å². The first-order chi connectivity index (χ1) is 9.72. The van der Waals surface area contributed by atoms with Crippen LogP contribution in [0.3, 0.4) is 0 Å². The zero-order chi connectivity index (χ0) is 13.9. The molecule has 0 aliphatic carbocycles. The van der Waals surface area contributed by atoms with Gasteiger partial charge in [-0.1, -0.05) is 17.7 Å². The molecule has 3 rings (SSSR count). The predicted octanol–water partition coefficient (Wildman–Crippen LogP) is 2.89. The Morgan fingerprint density at radius 1 is 0.850 bits per heavy atom. The molecule has 1 aromatic rings. The molecule has 0 radical (unpaired) electrons. The van der Waals surface area contributed by atoms with Gasteiger partial charge in [0, 0.05) is 24.2 Å². The first-order valence-electron chi connectivity index (χ1n) is 7.98. The highest BCUT2D eigenvalue weighted by molar-refractivity contribution is 5.43. The molecule has 0 atom stereocenters. The van der Waals surface area contributed by atoms with Crippen molar-refractivity contribution in [3.05, 3.63) is 28.8 Å². The van der Waals surface area contributed by atoms with Gasteiger partial charge in [0.2, 0.25) is 0 Å². The fourth-order valence-electron chi connectivity index (χ4n) is 3.54. The number of hydrogen-bond donors (Lipinski definition) is 1. The van der Waals surface area contributed by atoms with Crippen LogP contribution in [0, 0.1) is 6.92 Å². The standard InChI is InChI=1S/C17H26N2O/c1-14-10-15(12-18-6-2-3-7-18)17(20)16(11-14)13-19-8-4-5-9-19/h10-11,20H,2-9,12-13H2,1H3. The average molecular weight is 274 g/mol. The summed E-state index contributed by atoms with van der Waals surface area (Å²) in [5.74, 6) is 0.536. The lowest BCUT2D eigenvalue weighted by Gasteiger charge is -2.20. The molecule has 1 aromatic carbocycles. The van der Waals surface area contributed by atoms with Crippen molar-refractivity contribution in [3.63, 3.8) is 0 Å². The highest BCUT2D eigenvalue weighted by Gasteiger charge is 2.18. The van der Waals surface area contributed by atoms with E-state index >= 15 is 0 Å². The van der Waals surface area contributed by atoms with Crippen molar-refractivity contribution < 1.29 is 5.11 Å². The van der Waals surface area contributed by atoms with Crippen LogP contribution in [0.5, 0.6) is 5.75 Å². The summed E-state index contributed by atoms with van der Waals surface area (Å²) in [6, 6.07) is 4.31. The summed E-state index contributed by atoms with van der Waals surface area (Å²) in [6.45, 7) is 8.65. The monoisotopic (exact) mass is 274 g/mol. The fraction of sp³-hybridized carbons (Fsp3) is 0.647. The van der Waals surface area contributed by atoms with E-state index in [2.05, 4.69) is 28.9 Å². The van der Waals surface area contributed by atoms with E-state index in [1.165, 1.54) is 57.4 Å². The summed E-state index contributed by atoms with van der Waals surface area (Å²) in [7, 11) is 0. The average Bonchev–Trinajstić information content (AvgIpc) is 3.08. The van der Waals surface area contributed by atoms with Gasteiger partial charge in [0.15, 0.2) is 0 Å². The predicted molar refractivity (Wildman–Crippen MR) is 81.9 cm³/mol. The van der Waals surface area contributed by atoms with Crippen molar-refractivity contribution >= 4 is 0 Å². The number of benzene rings is 1. The largest absolute Gasteiger partial charge is 0.507 e. The van der Waals surface area contributed by atoms with Gasteiger partial charge in [-0.3, -0.25) is 9.80 Å². The quantitative estimate of drug-likeness (QED) is 0.914. The van der Waals surface area contributed by atoms with E-state index in [9.17, 15) is 5.11 Å². The van der Waals surface area contributed by atoms with E-state index in [1.54, 1.807) is 0 Å². The minimum absolute atomic E-state index is 0.536. The summed E-state index contributed by atoms with van der Waals surface area (Å²) in [6.07, 6.45) is 5.20. The zero-order valence-electron chi connectivity index (χ0n) is 12.6. The van der Waals surface area contributed by atoms with Crippen molar-refractivity contribution in [1.82, 2.24) is 9.80 Å². The second kappa shape index (κ2) is 6.15. The third-order valence-corrected chi connectivity index (χ3v) is 4.60. The first kappa shape index (κ1) is 13.9. The highest BCUT2D eigenvalue weighted by atomic mass is 16.3. The van der Waals surface area contributed by atoms with Crippen LogP contribution < -0.4 is 0 Å². The molecule has 0 amide bonds. The van der Waals surface area contributed by atoms with Gasteiger partial charge in [0.25, 0.3) is 0 Å². The number of aryl methyl sites for hydroxylation is 1. The van der Waals surface area contributed by atoms with Gasteiger partial charge >= 0.3 is 0 Å². The van der Waals surface area contributed by atoms with Gasteiger partial charge in [-0.15, -0.1) is 0 Å². The lowest BCUT2D eigenvalue weighted by atomic mass is 10.0. The Labute approximate surface area is 122 Å². The Kier molecular flexibility index (Phi) is 4.27. The Morgan fingerprint density at radius 3 is 1.65 bits per heavy atom. The lowest BCUT2D eigenvalue weighted by molar-refractivity contribution is 0.312. The minimum atomic E-state index is 0.536. The van der Waals surface area contributed by atoms with E-state index in [0.717, 1.165) is 24.2 Å². The SMILES string of the molecule is Cc1cc(CN2CCCC2)c(O)c(CN2CCCC2)c1. The summed E-state index contributed by atoms with van der Waals surface area (Å²) in [5, 5.41) is 10.6. The van der Waals surface area contributed by atoms with Gasteiger partial charge in [-0.2, -0.15) is 0 Å². The van der Waals surface area contributed by atoms with Crippen LogP contribution in [0.25, 0.3) is 0 Å². The van der Waals surface area contributed by atoms with E-state index in [4.69, 9.17) is 0 Å². The van der Waals surface area contributed by atoms with E-state index in [1.807, 2.05) is 0 Å². The minimum Gasteiger partial charge on any atom is -0.507 e. The van der Waals surface area contributed by atoms with Crippen LogP contribution >= 0.6 is 0 Å². The molecule has 0 spiro atoms. The number of likely N-dealkylation sites (tertiary alicyclic amines) is 2. The van der Waals surface area contributed by atoms with Crippen molar-refractivity contribution in [1.29, 1.82) is 0 Å². The molecule has 2 aliphatic heterocycles. The molecule has 2 saturated heterocycles. The highest BCUT2D eigenvalue weighted by Crippen LogP contribution is 2.28. The van der Waals surface area contributed by atoms with Crippen LogP contribution in [0.4, 0.5) is 0 Å². The second-order valence-electron chi connectivity index (χ2n) is 6.40. The van der Waals surface area contributed by atoms with Gasteiger partial charge in [-0.05, 0) is 58.8 Å². The molecular formula is C17H26N2O. The molecule has 2 fully saturated rings. The Balaban J connectivity index is 1.76. The summed E-state index contributed by atoms with van der Waals surface area (Å²) in [4.78, 5) is 4.91. The van der Waals surface area contributed by atoms with Crippen molar-refractivity contribution in [2.24, 2.45) is 0 Å². The van der Waals surface area contributed by atoms with Gasteiger partial charge in [0.1, 0.15) is 5.75 Å². The molecule has 1 N–H and O–H groups in total. The van der Waals surface area contributed by atoms with Crippen molar-refractivity contribution in [2.75, 3.05) is 26.2 Å². The third-order valence-electron chi connectivity index (χ3n) is 4.60. The summed E-state index contributed by atoms with van der Waals surface area (Å²) in [5.41, 5.74) is 3.49. The molecule has 20 heavy (non-hydrogen) atoms. The molecule has 2 aliphatic rings. The maximum Gasteiger partial charge on any atom is 0.124 e. The Hall–Kier alpha value is -1.06. The summed E-state index contributed by atoms with van der Waals surface area (Å²) < 4.78 is 0. The number of aromatic hydroxyl groups is 1. The molecule has 0 bridgehead atoms. The van der Waals surface area contributed by atoms with Crippen LogP contribution in [0.2, 0.25) is 0 Å². The number of nitrogens with zero attached hydrogens (tertiary/aromatic N) is 2. The zero-order valence-corrected chi connectivity index (χ0v) is 12.6. The van der Waals surface area contributed by atoms with Gasteiger partial charge in [-0.25, -0.2) is 0 Å². The van der Waals surface area contributed by atoms with Crippen LogP contribution in [0.1, 0.15) is 42.4 Å².